The number of aliphatic hydroxyl groups excluding tert-OH is 1. The van der Waals surface area contributed by atoms with Crippen LogP contribution in [0.3, 0.4) is 0 Å². The van der Waals surface area contributed by atoms with Crippen molar-refractivity contribution in [3.63, 3.8) is 0 Å². The molecule has 5 rings (SSSR count). The van der Waals surface area contributed by atoms with E-state index >= 15 is 0 Å². The SMILES string of the molecule is CN1c2cnc3c(ccc4cc5c(cc43)OCO5)c2C(C)(C)C1O. The Hall–Kier alpha value is -2.53. The highest BCUT2D eigenvalue weighted by Crippen LogP contribution is 2.48. The Balaban J connectivity index is 1.89. The lowest BCUT2D eigenvalue weighted by molar-refractivity contribution is 0.115. The molecule has 0 bridgehead atoms. The van der Waals surface area contributed by atoms with Gasteiger partial charge >= 0.3 is 0 Å². The first kappa shape index (κ1) is 13.9. The number of ether oxygens (including phenoxy) is 2. The van der Waals surface area contributed by atoms with Gasteiger partial charge < -0.3 is 19.5 Å². The molecule has 0 fully saturated rings. The number of nitrogens with zero attached hydrogens (tertiary/aromatic N) is 2. The first-order valence-corrected chi connectivity index (χ1v) is 8.05. The summed E-state index contributed by atoms with van der Waals surface area (Å²) in [7, 11) is 1.91. The number of fused-ring (bicyclic) bond motifs is 6. The molecule has 24 heavy (non-hydrogen) atoms. The molecule has 3 heterocycles. The normalized spacial score (nSPS) is 20.8. The number of benzene rings is 2. The van der Waals surface area contributed by atoms with E-state index in [2.05, 4.69) is 26.0 Å². The van der Waals surface area contributed by atoms with Crippen molar-refractivity contribution in [2.75, 3.05) is 18.7 Å². The summed E-state index contributed by atoms with van der Waals surface area (Å²) in [5, 5.41) is 13.8. The molecule has 5 nitrogen and oxygen atoms in total. The number of aromatic nitrogens is 1. The summed E-state index contributed by atoms with van der Waals surface area (Å²) >= 11 is 0. The molecule has 0 saturated heterocycles. The lowest BCUT2D eigenvalue weighted by atomic mass is 9.83. The highest BCUT2D eigenvalue weighted by atomic mass is 16.7. The van der Waals surface area contributed by atoms with Crippen LogP contribution in [0, 0.1) is 0 Å². The van der Waals surface area contributed by atoms with E-state index in [1.807, 2.05) is 30.3 Å². The Labute approximate surface area is 139 Å². The van der Waals surface area contributed by atoms with Gasteiger partial charge in [-0.3, -0.25) is 4.98 Å². The zero-order valence-corrected chi connectivity index (χ0v) is 13.8. The summed E-state index contributed by atoms with van der Waals surface area (Å²) in [6.45, 7) is 4.41. The van der Waals surface area contributed by atoms with Gasteiger partial charge in [-0.25, -0.2) is 0 Å². The van der Waals surface area contributed by atoms with Crippen LogP contribution in [0.25, 0.3) is 21.7 Å². The van der Waals surface area contributed by atoms with Gasteiger partial charge in [-0.15, -0.1) is 0 Å². The first-order chi connectivity index (χ1) is 11.5. The fourth-order valence-electron chi connectivity index (χ4n) is 4.06. The van der Waals surface area contributed by atoms with E-state index in [0.717, 1.165) is 44.4 Å². The zero-order valence-electron chi connectivity index (χ0n) is 13.8. The van der Waals surface area contributed by atoms with Crippen molar-refractivity contribution >= 4 is 27.4 Å². The largest absolute Gasteiger partial charge is 0.454 e. The molecule has 2 aliphatic rings. The first-order valence-electron chi connectivity index (χ1n) is 8.05. The third-order valence-electron chi connectivity index (χ3n) is 5.36. The highest BCUT2D eigenvalue weighted by molar-refractivity contribution is 6.09. The molecule has 0 spiro atoms. The summed E-state index contributed by atoms with van der Waals surface area (Å²) in [5.74, 6) is 1.53. The van der Waals surface area contributed by atoms with Crippen LogP contribution >= 0.6 is 0 Å². The average Bonchev–Trinajstić information content (AvgIpc) is 3.10. The number of aliphatic hydroxyl groups is 1. The summed E-state index contributed by atoms with van der Waals surface area (Å²) in [4.78, 5) is 6.60. The molecule has 0 saturated carbocycles. The maximum atomic E-state index is 10.6. The third kappa shape index (κ3) is 1.55. The van der Waals surface area contributed by atoms with Gasteiger partial charge in [-0.1, -0.05) is 26.0 Å². The summed E-state index contributed by atoms with van der Waals surface area (Å²) in [5.41, 5.74) is 2.69. The Bertz CT molecular complexity index is 1010. The quantitative estimate of drug-likeness (QED) is 0.644. The number of hydrogen-bond acceptors (Lipinski definition) is 5. The van der Waals surface area contributed by atoms with Crippen molar-refractivity contribution in [2.45, 2.75) is 25.5 Å². The molecule has 2 aliphatic heterocycles. The van der Waals surface area contributed by atoms with Gasteiger partial charge in [0.05, 0.1) is 17.4 Å². The maximum absolute atomic E-state index is 10.6. The molecule has 5 heteroatoms. The van der Waals surface area contributed by atoms with E-state index in [1.165, 1.54) is 0 Å². The minimum Gasteiger partial charge on any atom is -0.454 e. The van der Waals surface area contributed by atoms with E-state index in [-0.39, 0.29) is 12.2 Å². The summed E-state index contributed by atoms with van der Waals surface area (Å²) in [6, 6.07) is 8.18. The maximum Gasteiger partial charge on any atom is 0.231 e. The highest BCUT2D eigenvalue weighted by Gasteiger charge is 2.43. The minimum atomic E-state index is -0.563. The second-order valence-corrected chi connectivity index (χ2v) is 7.11. The van der Waals surface area contributed by atoms with Gasteiger partial charge in [0, 0.05) is 23.2 Å². The number of rotatable bonds is 0. The topological polar surface area (TPSA) is 54.8 Å². The van der Waals surface area contributed by atoms with Crippen molar-refractivity contribution in [3.8, 4) is 11.5 Å². The molecular weight excluding hydrogens is 304 g/mol. The van der Waals surface area contributed by atoms with E-state index in [9.17, 15) is 5.11 Å². The van der Waals surface area contributed by atoms with Crippen LogP contribution in [0.2, 0.25) is 0 Å². The van der Waals surface area contributed by atoms with Crippen molar-refractivity contribution in [2.24, 2.45) is 0 Å². The molecule has 1 aromatic heterocycles. The van der Waals surface area contributed by atoms with Crippen LogP contribution in [0.1, 0.15) is 19.4 Å². The average molecular weight is 322 g/mol. The zero-order chi connectivity index (χ0) is 16.6. The molecule has 2 aromatic carbocycles. The van der Waals surface area contributed by atoms with Gasteiger partial charge in [0.25, 0.3) is 0 Å². The van der Waals surface area contributed by atoms with Gasteiger partial charge in [0.15, 0.2) is 11.5 Å². The van der Waals surface area contributed by atoms with Crippen LogP contribution in [0.5, 0.6) is 11.5 Å². The fourth-order valence-corrected chi connectivity index (χ4v) is 4.06. The van der Waals surface area contributed by atoms with Crippen molar-refractivity contribution in [1.82, 2.24) is 4.98 Å². The third-order valence-corrected chi connectivity index (χ3v) is 5.36. The van der Waals surface area contributed by atoms with Crippen LogP contribution in [-0.4, -0.2) is 30.2 Å². The van der Waals surface area contributed by atoms with E-state index in [4.69, 9.17) is 14.5 Å². The van der Waals surface area contributed by atoms with Gasteiger partial charge in [0.1, 0.15) is 6.23 Å². The molecule has 3 aromatic rings. The Morgan fingerprint density at radius 1 is 1.17 bits per heavy atom. The second-order valence-electron chi connectivity index (χ2n) is 7.11. The predicted octanol–water partition coefficient (Wildman–Crippen LogP) is 3.16. The van der Waals surface area contributed by atoms with Crippen molar-refractivity contribution in [1.29, 1.82) is 0 Å². The second kappa shape index (κ2) is 4.30. The van der Waals surface area contributed by atoms with Gasteiger partial charge in [0.2, 0.25) is 6.79 Å². The standard InChI is InChI=1S/C19H18N2O3/c1-19(2)16-11-5-4-10-6-14-15(24-9-23-14)7-12(10)17(11)20-8-13(16)21(3)18(19)22/h4-8,18,22H,9H2,1-3H3. The predicted molar refractivity (Wildman–Crippen MR) is 92.8 cm³/mol. The molecule has 0 amide bonds. The summed E-state index contributed by atoms with van der Waals surface area (Å²) in [6.07, 6.45) is 1.30. The molecule has 1 unspecified atom stereocenters. The van der Waals surface area contributed by atoms with E-state index < -0.39 is 6.23 Å². The number of pyridine rings is 1. The van der Waals surface area contributed by atoms with E-state index in [1.54, 1.807) is 0 Å². The molecular formula is C19H18N2O3. The molecule has 0 radical (unpaired) electrons. The molecule has 0 aliphatic carbocycles. The number of likely N-dealkylation sites (N-methyl/N-ethyl adjacent to an activating group) is 1. The van der Waals surface area contributed by atoms with Crippen LogP contribution in [0.15, 0.2) is 30.5 Å². The molecule has 122 valence electrons. The molecule has 1 N–H and O–H groups in total. The Morgan fingerprint density at radius 2 is 1.92 bits per heavy atom. The van der Waals surface area contributed by atoms with Crippen LogP contribution in [0.4, 0.5) is 5.69 Å². The lowest BCUT2D eigenvalue weighted by Gasteiger charge is -2.27. The smallest absolute Gasteiger partial charge is 0.231 e. The lowest BCUT2D eigenvalue weighted by Crippen LogP contribution is -2.38. The monoisotopic (exact) mass is 322 g/mol. The number of hydrogen-bond donors (Lipinski definition) is 1. The summed E-state index contributed by atoms with van der Waals surface area (Å²) < 4.78 is 11.0. The molecule has 1 atom stereocenters. The fraction of sp³-hybridized carbons (Fsp3) is 0.316. The minimum absolute atomic E-state index is 0.260. The Kier molecular flexibility index (Phi) is 2.49. The van der Waals surface area contributed by atoms with Gasteiger partial charge in [-0.05, 0) is 23.1 Å². The van der Waals surface area contributed by atoms with Crippen molar-refractivity contribution < 1.29 is 14.6 Å². The van der Waals surface area contributed by atoms with E-state index in [0.29, 0.717) is 0 Å². The Morgan fingerprint density at radius 3 is 2.71 bits per heavy atom. The van der Waals surface area contributed by atoms with Crippen LogP contribution < -0.4 is 14.4 Å². The number of anilines is 1. The van der Waals surface area contributed by atoms with Gasteiger partial charge in [-0.2, -0.15) is 0 Å². The van der Waals surface area contributed by atoms with Crippen molar-refractivity contribution in [3.05, 3.63) is 36.0 Å². The van der Waals surface area contributed by atoms with Crippen LogP contribution in [-0.2, 0) is 5.41 Å².